The fourth-order valence-electron chi connectivity index (χ4n) is 2.35. The molecule has 2 aromatic heterocycles. The second-order valence-electron chi connectivity index (χ2n) is 5.70. The van der Waals surface area contributed by atoms with Crippen LogP contribution < -0.4 is 30.8 Å². The minimum absolute atomic E-state index is 0.270. The van der Waals surface area contributed by atoms with Gasteiger partial charge in [0.05, 0.1) is 21.5 Å². The van der Waals surface area contributed by atoms with Gasteiger partial charge in [0.1, 0.15) is 0 Å². The lowest BCUT2D eigenvalue weighted by Gasteiger charge is -2.11. The normalized spacial score (nSPS) is 13.7. The van der Waals surface area contributed by atoms with E-state index in [1.807, 2.05) is 0 Å². The maximum atomic E-state index is 12.4. The third-order valence-electron chi connectivity index (χ3n) is 3.73. The third kappa shape index (κ3) is 3.96. The number of benzene rings is 1. The van der Waals surface area contributed by atoms with Crippen LogP contribution in [0.1, 0.15) is 0 Å². The number of alkyl halides is 6. The SMILES string of the molecule is O=c1c2cc3c(=O)n(OS(=O)(=O)C(Cl)(Cl)Cl)c(=O)c3cc2c(=O)n1OS(=O)(=O)C(Cl)(Cl)Cl. The minimum atomic E-state index is -5.13. The topological polar surface area (TPSA) is 165 Å². The maximum Gasteiger partial charge on any atom is 0.377 e. The van der Waals surface area contributed by atoms with Gasteiger partial charge >= 0.3 is 26.5 Å². The molecule has 0 saturated carbocycles. The summed E-state index contributed by atoms with van der Waals surface area (Å²) in [4.78, 5) is 49.8. The largest absolute Gasteiger partial charge is 0.377 e. The fourth-order valence-corrected chi connectivity index (χ4v) is 3.69. The fraction of sp³-hybridized carbons (Fsp3) is 0.167. The molecule has 3 aromatic rings. The van der Waals surface area contributed by atoms with E-state index in [0.29, 0.717) is 12.1 Å². The zero-order valence-electron chi connectivity index (χ0n) is 14.2. The van der Waals surface area contributed by atoms with E-state index in [2.05, 4.69) is 8.57 Å². The van der Waals surface area contributed by atoms with Gasteiger partial charge in [0.25, 0.3) is 22.2 Å². The van der Waals surface area contributed by atoms with Crippen LogP contribution in [0, 0.1) is 0 Å². The van der Waals surface area contributed by atoms with Gasteiger partial charge in [-0.25, -0.2) is 0 Å². The van der Waals surface area contributed by atoms with Crippen LogP contribution in [0.4, 0.5) is 0 Å². The van der Waals surface area contributed by atoms with Crippen molar-refractivity contribution in [1.29, 1.82) is 0 Å². The van der Waals surface area contributed by atoms with Crippen molar-refractivity contribution in [3.8, 4) is 0 Å². The van der Waals surface area contributed by atoms with Crippen LogP contribution in [0.2, 0.25) is 0 Å². The highest BCUT2D eigenvalue weighted by Gasteiger charge is 2.43. The molecule has 20 heteroatoms. The van der Waals surface area contributed by atoms with Crippen LogP contribution in [0.15, 0.2) is 31.3 Å². The molecule has 0 unspecified atom stereocenters. The Kier molecular flexibility index (Phi) is 6.05. The zero-order chi connectivity index (χ0) is 24.6. The smallest absolute Gasteiger partial charge is 0.277 e. The van der Waals surface area contributed by atoms with Crippen LogP contribution in [-0.4, -0.2) is 32.5 Å². The summed E-state index contributed by atoms with van der Waals surface area (Å²) in [6.07, 6.45) is 0. The summed E-state index contributed by atoms with van der Waals surface area (Å²) in [7, 11) is -10.3. The zero-order valence-corrected chi connectivity index (χ0v) is 20.4. The highest BCUT2D eigenvalue weighted by Crippen LogP contribution is 2.33. The Bertz CT molecular complexity index is 1500. The Labute approximate surface area is 205 Å². The molecule has 0 amide bonds. The molecule has 0 saturated heterocycles. The lowest BCUT2D eigenvalue weighted by molar-refractivity contribution is 0.263. The summed E-state index contributed by atoms with van der Waals surface area (Å²) >= 11 is 31.3. The monoisotopic (exact) mass is 608 g/mol. The van der Waals surface area contributed by atoms with Gasteiger partial charge in [-0.05, 0) is 12.1 Å². The van der Waals surface area contributed by atoms with Gasteiger partial charge in [-0.3, -0.25) is 27.7 Å². The van der Waals surface area contributed by atoms with Crippen LogP contribution in [0.25, 0.3) is 21.5 Å². The third-order valence-corrected chi connectivity index (χ3v) is 8.96. The molecule has 0 radical (unpaired) electrons. The summed E-state index contributed by atoms with van der Waals surface area (Å²) in [5, 5.41) is -2.39. The number of aromatic nitrogens is 2. The van der Waals surface area contributed by atoms with E-state index >= 15 is 0 Å². The molecule has 3 rings (SSSR count). The van der Waals surface area contributed by atoms with Crippen molar-refractivity contribution in [2.45, 2.75) is 6.25 Å². The first-order valence-corrected chi connectivity index (χ1v) is 12.4. The minimum Gasteiger partial charge on any atom is -0.277 e. The van der Waals surface area contributed by atoms with Crippen molar-refractivity contribution in [1.82, 2.24) is 9.46 Å². The van der Waals surface area contributed by atoms with Gasteiger partial charge in [-0.1, -0.05) is 79.1 Å². The Morgan fingerprint density at radius 2 is 0.781 bits per heavy atom. The molecule has 0 atom stereocenters. The van der Waals surface area contributed by atoms with Crippen LogP contribution in [-0.2, 0) is 20.2 Å². The number of hydrogen-bond acceptors (Lipinski definition) is 10. The molecule has 0 bridgehead atoms. The second kappa shape index (κ2) is 7.63. The van der Waals surface area contributed by atoms with E-state index in [1.54, 1.807) is 0 Å². The van der Waals surface area contributed by atoms with E-state index in [0.717, 1.165) is 0 Å². The Morgan fingerprint density at radius 3 is 0.969 bits per heavy atom. The first-order chi connectivity index (χ1) is 14.3. The molecule has 2 heterocycles. The Hall–Kier alpha value is -1.26. The number of nitrogens with zero attached hydrogens (tertiary/aromatic N) is 2. The van der Waals surface area contributed by atoms with Crippen molar-refractivity contribution < 1.29 is 25.4 Å². The van der Waals surface area contributed by atoms with Gasteiger partial charge in [-0.2, -0.15) is 16.8 Å². The Morgan fingerprint density at radius 1 is 0.562 bits per heavy atom. The lowest BCUT2D eigenvalue weighted by Crippen LogP contribution is -2.40. The van der Waals surface area contributed by atoms with E-state index in [1.165, 1.54) is 0 Å². The molecule has 0 spiro atoms. The molecular formula is C12H2Cl6N2O10S2. The van der Waals surface area contributed by atoms with Crippen molar-refractivity contribution in [2.75, 3.05) is 0 Å². The van der Waals surface area contributed by atoms with E-state index < -0.39 is 70.3 Å². The lowest BCUT2D eigenvalue weighted by atomic mass is 10.1. The van der Waals surface area contributed by atoms with Gasteiger partial charge in [0.15, 0.2) is 0 Å². The van der Waals surface area contributed by atoms with E-state index in [9.17, 15) is 36.0 Å². The number of halogens is 6. The van der Waals surface area contributed by atoms with Gasteiger partial charge < -0.3 is 0 Å². The molecule has 0 aliphatic heterocycles. The second-order valence-corrected chi connectivity index (χ2v) is 14.9. The maximum absolute atomic E-state index is 12.4. The summed E-state index contributed by atoms with van der Waals surface area (Å²) in [6, 6.07) is 1.39. The van der Waals surface area contributed by atoms with Crippen LogP contribution in [0.5, 0.6) is 0 Å². The van der Waals surface area contributed by atoms with Crippen molar-refractivity contribution in [2.24, 2.45) is 0 Å². The highest BCUT2D eigenvalue weighted by atomic mass is 35.6. The van der Waals surface area contributed by atoms with E-state index in [4.69, 9.17) is 69.6 Å². The molecule has 12 nitrogen and oxygen atoms in total. The average Bonchev–Trinajstić information content (AvgIpc) is 2.99. The molecule has 0 N–H and O–H groups in total. The van der Waals surface area contributed by atoms with Gasteiger partial charge in [0, 0.05) is 0 Å². The van der Waals surface area contributed by atoms with Crippen molar-refractivity contribution >= 4 is 111 Å². The van der Waals surface area contributed by atoms with Crippen LogP contribution >= 0.6 is 69.6 Å². The van der Waals surface area contributed by atoms with Crippen LogP contribution in [0.3, 0.4) is 0 Å². The first kappa shape index (κ1) is 25.4. The average molecular weight is 611 g/mol. The molecule has 0 fully saturated rings. The number of rotatable bonds is 4. The highest BCUT2D eigenvalue weighted by molar-refractivity contribution is 7.93. The standard InChI is InChI=1S/C12H2Cl6N2O10S2/c13-11(14,15)31(25,26)29-19-7(21)3-1-4-6(2-5(3)9(19)23)10(24)20(8(4)22)30-32(27,28)12(16,17)18/h1-2H. The molecule has 32 heavy (non-hydrogen) atoms. The van der Waals surface area contributed by atoms with Crippen molar-refractivity contribution in [3.63, 3.8) is 0 Å². The summed E-state index contributed by atoms with van der Waals surface area (Å²) in [5.74, 6) is 0. The molecule has 0 aliphatic carbocycles. The summed E-state index contributed by atoms with van der Waals surface area (Å²) in [6.45, 7) is 0. The number of fused-ring (bicyclic) bond motifs is 2. The molecule has 174 valence electrons. The summed E-state index contributed by atoms with van der Waals surface area (Å²) < 4.78 is 49.2. The van der Waals surface area contributed by atoms with E-state index in [-0.39, 0.29) is 9.46 Å². The first-order valence-electron chi connectivity index (χ1n) is 7.27. The Balaban J connectivity index is 2.29. The molecule has 1 aromatic carbocycles. The van der Waals surface area contributed by atoms with Gasteiger partial charge in [0.2, 0.25) is 0 Å². The van der Waals surface area contributed by atoms with Crippen molar-refractivity contribution in [3.05, 3.63) is 53.5 Å². The quantitative estimate of drug-likeness (QED) is 0.370. The summed E-state index contributed by atoms with van der Waals surface area (Å²) in [5.41, 5.74) is -5.61. The van der Waals surface area contributed by atoms with Gasteiger partial charge in [-0.15, -0.1) is 0 Å². The predicted molar refractivity (Wildman–Crippen MR) is 116 cm³/mol. The molecular weight excluding hydrogens is 609 g/mol. The molecule has 0 aliphatic rings. The number of hydrogen-bond donors (Lipinski definition) is 0. The predicted octanol–water partition coefficient (Wildman–Crippen LogP) is 0.0846.